The van der Waals surface area contributed by atoms with Gasteiger partial charge in [-0.3, -0.25) is 14.7 Å². The lowest BCUT2D eigenvalue weighted by Gasteiger charge is -2.06. The summed E-state index contributed by atoms with van der Waals surface area (Å²) in [5.41, 5.74) is 7.21. The molecule has 114 valence electrons. The predicted molar refractivity (Wildman–Crippen MR) is 82.8 cm³/mol. The first-order valence-corrected chi connectivity index (χ1v) is 7.27. The first-order chi connectivity index (χ1) is 10.5. The monoisotopic (exact) mass is 318 g/mol. The number of aryl methyl sites for hydroxylation is 1. The first kappa shape index (κ1) is 14.6. The fourth-order valence-electron chi connectivity index (χ4n) is 2.58. The molecule has 0 aliphatic heterocycles. The Morgan fingerprint density at radius 2 is 2.14 bits per heavy atom. The lowest BCUT2D eigenvalue weighted by Crippen LogP contribution is -2.19. The van der Waals surface area contributed by atoms with Gasteiger partial charge in [0.1, 0.15) is 0 Å². The number of primary amides is 1. The number of hydrogen-bond acceptors (Lipinski definition) is 3. The van der Waals surface area contributed by atoms with E-state index in [1.807, 2.05) is 24.3 Å². The van der Waals surface area contributed by atoms with E-state index in [-0.39, 0.29) is 23.4 Å². The van der Waals surface area contributed by atoms with Crippen molar-refractivity contribution in [3.8, 4) is 0 Å². The topological polar surface area (TPSA) is 101 Å². The summed E-state index contributed by atoms with van der Waals surface area (Å²) in [7, 11) is 0. The van der Waals surface area contributed by atoms with Crippen LogP contribution in [0.4, 0.5) is 5.69 Å². The fourth-order valence-corrected chi connectivity index (χ4v) is 2.86. The van der Waals surface area contributed by atoms with Crippen molar-refractivity contribution in [1.29, 1.82) is 0 Å². The van der Waals surface area contributed by atoms with Crippen LogP contribution in [0.25, 0.3) is 0 Å². The van der Waals surface area contributed by atoms with E-state index in [2.05, 4.69) is 15.5 Å². The molecule has 3 rings (SSSR count). The van der Waals surface area contributed by atoms with Crippen LogP contribution >= 0.6 is 11.6 Å². The summed E-state index contributed by atoms with van der Waals surface area (Å²) in [6, 6.07) is 7.50. The Hall–Kier alpha value is -2.34. The van der Waals surface area contributed by atoms with Crippen LogP contribution < -0.4 is 11.1 Å². The molecular weight excluding hydrogens is 304 g/mol. The lowest BCUT2D eigenvalue weighted by molar-refractivity contribution is -0.117. The number of anilines is 1. The van der Waals surface area contributed by atoms with Gasteiger partial charge in [0.2, 0.25) is 5.91 Å². The summed E-state index contributed by atoms with van der Waals surface area (Å²) in [5, 5.41) is 9.86. The van der Waals surface area contributed by atoms with Crippen molar-refractivity contribution in [2.45, 2.75) is 19.3 Å². The van der Waals surface area contributed by atoms with Crippen LogP contribution in [-0.4, -0.2) is 22.0 Å². The molecule has 0 bridgehead atoms. The largest absolute Gasteiger partial charge is 0.364 e. The molecule has 2 amide bonds. The molecular formula is C15H15ClN4O2. The second-order valence-corrected chi connectivity index (χ2v) is 5.80. The van der Waals surface area contributed by atoms with E-state index in [4.69, 9.17) is 17.3 Å². The molecule has 4 N–H and O–H groups in total. The highest BCUT2D eigenvalue weighted by Gasteiger charge is 2.45. The van der Waals surface area contributed by atoms with Crippen LogP contribution in [0.15, 0.2) is 24.3 Å². The number of nitrogens with two attached hydrogens (primary N) is 1. The molecule has 1 aliphatic carbocycles. The number of hydrogen-bond donors (Lipinski definition) is 3. The fraction of sp³-hybridized carbons (Fsp3) is 0.267. The zero-order valence-electron chi connectivity index (χ0n) is 11.9. The zero-order chi connectivity index (χ0) is 15.9. The van der Waals surface area contributed by atoms with Gasteiger partial charge in [-0.1, -0.05) is 29.8 Å². The molecule has 0 unspecified atom stereocenters. The van der Waals surface area contributed by atoms with Crippen molar-refractivity contribution >= 4 is 29.1 Å². The smallest absolute Gasteiger partial charge is 0.271 e. The van der Waals surface area contributed by atoms with Crippen LogP contribution in [0.2, 0.25) is 5.02 Å². The minimum atomic E-state index is -0.682. The average molecular weight is 319 g/mol. The molecule has 1 aliphatic rings. The lowest BCUT2D eigenvalue weighted by atomic mass is 10.1. The Morgan fingerprint density at radius 1 is 1.41 bits per heavy atom. The molecule has 1 aromatic heterocycles. The SMILES string of the molecule is Cc1[nH]nc(C(N)=O)c1NC(=O)[C@@H]1C[C@H]1c1ccccc1Cl. The van der Waals surface area contributed by atoms with Gasteiger partial charge in [-0.2, -0.15) is 5.10 Å². The maximum Gasteiger partial charge on any atom is 0.271 e. The summed E-state index contributed by atoms with van der Waals surface area (Å²) in [6.45, 7) is 1.72. The highest BCUT2D eigenvalue weighted by Crippen LogP contribution is 2.50. The molecule has 1 heterocycles. The van der Waals surface area contributed by atoms with Gasteiger partial charge in [-0.05, 0) is 30.9 Å². The maximum absolute atomic E-state index is 12.3. The second-order valence-electron chi connectivity index (χ2n) is 5.40. The van der Waals surface area contributed by atoms with Crippen molar-refractivity contribution in [3.63, 3.8) is 0 Å². The van der Waals surface area contributed by atoms with Gasteiger partial charge in [0.05, 0.1) is 11.4 Å². The molecule has 0 spiro atoms. The van der Waals surface area contributed by atoms with E-state index in [0.717, 1.165) is 12.0 Å². The Labute approximate surface area is 132 Å². The Bertz CT molecular complexity index is 756. The maximum atomic E-state index is 12.3. The van der Waals surface area contributed by atoms with Crippen LogP contribution in [0, 0.1) is 12.8 Å². The number of benzene rings is 1. The molecule has 7 heteroatoms. The van der Waals surface area contributed by atoms with Crippen molar-refractivity contribution in [2.75, 3.05) is 5.32 Å². The number of halogens is 1. The van der Waals surface area contributed by atoms with E-state index in [1.54, 1.807) is 6.92 Å². The van der Waals surface area contributed by atoms with Gasteiger partial charge in [-0.15, -0.1) is 0 Å². The van der Waals surface area contributed by atoms with Crippen LogP contribution in [0.1, 0.15) is 34.1 Å². The van der Waals surface area contributed by atoms with Gasteiger partial charge in [0, 0.05) is 10.9 Å². The number of rotatable bonds is 4. The van der Waals surface area contributed by atoms with E-state index in [0.29, 0.717) is 16.4 Å². The van der Waals surface area contributed by atoms with Crippen molar-refractivity contribution in [1.82, 2.24) is 10.2 Å². The highest BCUT2D eigenvalue weighted by atomic mass is 35.5. The summed E-state index contributed by atoms with van der Waals surface area (Å²) >= 11 is 6.16. The number of aromatic nitrogens is 2. The Kier molecular flexibility index (Phi) is 3.62. The number of nitrogens with one attached hydrogen (secondary N) is 2. The van der Waals surface area contributed by atoms with Crippen molar-refractivity contribution < 1.29 is 9.59 Å². The minimum absolute atomic E-state index is 0.0424. The summed E-state index contributed by atoms with van der Waals surface area (Å²) < 4.78 is 0. The molecule has 1 saturated carbocycles. The standard InChI is InChI=1S/C15H15ClN4O2/c1-7-12(13(14(17)21)20-19-7)18-15(22)10-6-9(10)8-4-2-3-5-11(8)16/h2-5,9-10H,6H2,1H3,(H2,17,21)(H,18,22)(H,19,20)/t9-,10+/m0/s1. The molecule has 0 radical (unpaired) electrons. The third kappa shape index (κ3) is 2.57. The van der Waals surface area contributed by atoms with Gasteiger partial charge in [-0.25, -0.2) is 0 Å². The first-order valence-electron chi connectivity index (χ1n) is 6.89. The van der Waals surface area contributed by atoms with Gasteiger partial charge in [0.25, 0.3) is 5.91 Å². The number of aromatic amines is 1. The van der Waals surface area contributed by atoms with Crippen LogP contribution in [0.5, 0.6) is 0 Å². The molecule has 1 fully saturated rings. The summed E-state index contributed by atoms with van der Waals surface area (Å²) in [5.74, 6) is -0.886. The van der Waals surface area contributed by atoms with E-state index < -0.39 is 5.91 Å². The number of nitrogens with zero attached hydrogens (tertiary/aromatic N) is 1. The van der Waals surface area contributed by atoms with Crippen molar-refractivity contribution in [2.24, 2.45) is 11.7 Å². The molecule has 2 atom stereocenters. The van der Waals surface area contributed by atoms with Crippen molar-refractivity contribution in [3.05, 3.63) is 46.2 Å². The summed E-state index contributed by atoms with van der Waals surface area (Å²) in [6.07, 6.45) is 0.734. The average Bonchev–Trinajstić information content (AvgIpc) is 3.19. The minimum Gasteiger partial charge on any atom is -0.364 e. The van der Waals surface area contributed by atoms with E-state index in [1.165, 1.54) is 0 Å². The number of amides is 2. The normalized spacial score (nSPS) is 19.7. The molecule has 22 heavy (non-hydrogen) atoms. The summed E-state index contributed by atoms with van der Waals surface area (Å²) in [4.78, 5) is 23.7. The zero-order valence-corrected chi connectivity index (χ0v) is 12.6. The number of H-pyrrole nitrogens is 1. The van der Waals surface area contributed by atoms with Crippen LogP contribution in [-0.2, 0) is 4.79 Å². The third-order valence-corrected chi connectivity index (χ3v) is 4.20. The predicted octanol–water partition coefficient (Wildman–Crippen LogP) is 2.21. The Morgan fingerprint density at radius 3 is 2.82 bits per heavy atom. The molecule has 2 aromatic rings. The third-order valence-electron chi connectivity index (χ3n) is 3.86. The van der Waals surface area contributed by atoms with Crippen LogP contribution in [0.3, 0.4) is 0 Å². The molecule has 6 nitrogen and oxygen atoms in total. The van der Waals surface area contributed by atoms with Gasteiger partial charge >= 0.3 is 0 Å². The Balaban J connectivity index is 1.74. The number of carbonyl (C=O) groups excluding carboxylic acids is 2. The van der Waals surface area contributed by atoms with E-state index >= 15 is 0 Å². The second kappa shape index (κ2) is 5.46. The highest BCUT2D eigenvalue weighted by molar-refractivity contribution is 6.31. The molecule has 0 saturated heterocycles. The van der Waals surface area contributed by atoms with Gasteiger partial charge < -0.3 is 11.1 Å². The van der Waals surface area contributed by atoms with E-state index in [9.17, 15) is 9.59 Å². The number of carbonyl (C=O) groups is 2. The quantitative estimate of drug-likeness (QED) is 0.805. The molecule has 1 aromatic carbocycles. The van der Waals surface area contributed by atoms with Gasteiger partial charge in [0.15, 0.2) is 5.69 Å².